The molecule has 4 nitrogen and oxygen atoms in total. The fourth-order valence-electron chi connectivity index (χ4n) is 2.25. The van der Waals surface area contributed by atoms with Gasteiger partial charge in [-0.1, -0.05) is 12.1 Å². The Bertz CT molecular complexity index is 364. The molecule has 1 aliphatic rings. The molecule has 0 aliphatic carbocycles. The van der Waals surface area contributed by atoms with Crippen LogP contribution in [0.25, 0.3) is 0 Å². The van der Waals surface area contributed by atoms with E-state index in [4.69, 9.17) is 14.2 Å². The Morgan fingerprint density at radius 1 is 1.32 bits per heavy atom. The van der Waals surface area contributed by atoms with E-state index < -0.39 is 0 Å². The smallest absolute Gasteiger partial charge is 0.161 e. The van der Waals surface area contributed by atoms with Gasteiger partial charge in [-0.2, -0.15) is 0 Å². The molecule has 1 aromatic carbocycles. The zero-order chi connectivity index (χ0) is 13.3. The Labute approximate surface area is 115 Å². The van der Waals surface area contributed by atoms with Gasteiger partial charge in [0.05, 0.1) is 13.7 Å². The molecule has 1 saturated heterocycles. The molecule has 1 heterocycles. The second-order valence-electron chi connectivity index (χ2n) is 4.79. The number of para-hydroxylation sites is 2. The van der Waals surface area contributed by atoms with Crippen molar-refractivity contribution in [3.05, 3.63) is 24.3 Å². The van der Waals surface area contributed by atoms with Crippen molar-refractivity contribution < 1.29 is 14.2 Å². The van der Waals surface area contributed by atoms with Crippen LogP contribution in [0.2, 0.25) is 0 Å². The van der Waals surface area contributed by atoms with E-state index in [0.29, 0.717) is 12.5 Å². The van der Waals surface area contributed by atoms with Crippen molar-refractivity contribution in [2.24, 2.45) is 5.92 Å². The number of methoxy groups -OCH3 is 1. The molecule has 1 aliphatic heterocycles. The summed E-state index contributed by atoms with van der Waals surface area (Å²) in [6.07, 6.45) is 2.45. The van der Waals surface area contributed by atoms with E-state index in [1.165, 1.54) is 12.8 Å². The van der Waals surface area contributed by atoms with E-state index in [1.807, 2.05) is 24.3 Å². The molecular formula is C15H23NO3. The third-order valence-corrected chi connectivity index (χ3v) is 3.29. The molecule has 4 heteroatoms. The van der Waals surface area contributed by atoms with Crippen LogP contribution < -0.4 is 14.8 Å². The second kappa shape index (κ2) is 8.02. The van der Waals surface area contributed by atoms with E-state index in [-0.39, 0.29) is 0 Å². The van der Waals surface area contributed by atoms with Gasteiger partial charge in [0, 0.05) is 19.7 Å². The SMILES string of the molecule is COc1ccccc1OCCNCC1CCCOC1. The van der Waals surface area contributed by atoms with Gasteiger partial charge in [-0.25, -0.2) is 0 Å². The van der Waals surface area contributed by atoms with Crippen molar-refractivity contribution in [1.29, 1.82) is 0 Å². The molecule has 0 aromatic heterocycles. The summed E-state index contributed by atoms with van der Waals surface area (Å²) in [6, 6.07) is 7.72. The summed E-state index contributed by atoms with van der Waals surface area (Å²) in [4.78, 5) is 0. The highest BCUT2D eigenvalue weighted by molar-refractivity contribution is 5.39. The van der Waals surface area contributed by atoms with Gasteiger partial charge >= 0.3 is 0 Å². The van der Waals surface area contributed by atoms with E-state index in [9.17, 15) is 0 Å². The lowest BCUT2D eigenvalue weighted by atomic mass is 10.0. The molecule has 0 bridgehead atoms. The monoisotopic (exact) mass is 265 g/mol. The summed E-state index contributed by atoms with van der Waals surface area (Å²) >= 11 is 0. The van der Waals surface area contributed by atoms with Gasteiger partial charge in [-0.15, -0.1) is 0 Å². The lowest BCUT2D eigenvalue weighted by molar-refractivity contribution is 0.0546. The van der Waals surface area contributed by atoms with E-state index >= 15 is 0 Å². The number of ether oxygens (including phenoxy) is 3. The normalized spacial score (nSPS) is 19.1. The zero-order valence-electron chi connectivity index (χ0n) is 11.6. The third kappa shape index (κ3) is 4.73. The minimum Gasteiger partial charge on any atom is -0.493 e. The van der Waals surface area contributed by atoms with Crippen LogP contribution in [0.3, 0.4) is 0 Å². The quantitative estimate of drug-likeness (QED) is 0.766. The van der Waals surface area contributed by atoms with Crippen LogP contribution >= 0.6 is 0 Å². The fraction of sp³-hybridized carbons (Fsp3) is 0.600. The summed E-state index contributed by atoms with van der Waals surface area (Å²) in [7, 11) is 1.66. The maximum atomic E-state index is 5.70. The Morgan fingerprint density at radius 2 is 2.16 bits per heavy atom. The lowest BCUT2D eigenvalue weighted by Crippen LogP contribution is -2.31. The zero-order valence-corrected chi connectivity index (χ0v) is 11.6. The molecule has 2 rings (SSSR count). The highest BCUT2D eigenvalue weighted by Crippen LogP contribution is 2.25. The Balaban J connectivity index is 1.61. The first kappa shape index (κ1) is 14.2. The van der Waals surface area contributed by atoms with Crippen molar-refractivity contribution in [2.75, 3.05) is 40.0 Å². The molecular weight excluding hydrogens is 242 g/mol. The first-order chi connectivity index (χ1) is 9.40. The molecule has 19 heavy (non-hydrogen) atoms. The van der Waals surface area contributed by atoms with Gasteiger partial charge in [-0.05, 0) is 30.9 Å². The number of hydrogen-bond acceptors (Lipinski definition) is 4. The van der Waals surface area contributed by atoms with Crippen LogP contribution in [0.5, 0.6) is 11.5 Å². The molecule has 1 unspecified atom stereocenters. The molecule has 1 atom stereocenters. The topological polar surface area (TPSA) is 39.7 Å². The molecule has 1 fully saturated rings. The predicted octanol–water partition coefficient (Wildman–Crippen LogP) is 2.09. The molecule has 0 amide bonds. The summed E-state index contributed by atoms with van der Waals surface area (Å²) in [5.41, 5.74) is 0. The van der Waals surface area contributed by atoms with Crippen LogP contribution in [-0.4, -0.2) is 40.0 Å². The standard InChI is InChI=1S/C15H23NO3/c1-17-14-6-2-3-7-15(14)19-10-8-16-11-13-5-4-9-18-12-13/h2-3,6-7,13,16H,4-5,8-12H2,1H3. The largest absolute Gasteiger partial charge is 0.493 e. The van der Waals surface area contributed by atoms with Crippen LogP contribution in [-0.2, 0) is 4.74 Å². The number of nitrogens with one attached hydrogen (secondary N) is 1. The van der Waals surface area contributed by atoms with Gasteiger partial charge in [-0.3, -0.25) is 0 Å². The summed E-state index contributed by atoms with van der Waals surface area (Å²) in [5, 5.41) is 3.42. The van der Waals surface area contributed by atoms with Crippen LogP contribution in [0.4, 0.5) is 0 Å². The Hall–Kier alpha value is -1.26. The van der Waals surface area contributed by atoms with Gasteiger partial charge in [0.15, 0.2) is 11.5 Å². The molecule has 0 radical (unpaired) electrons. The van der Waals surface area contributed by atoms with Crippen LogP contribution in [0.15, 0.2) is 24.3 Å². The lowest BCUT2D eigenvalue weighted by Gasteiger charge is -2.22. The van der Waals surface area contributed by atoms with Crippen LogP contribution in [0, 0.1) is 5.92 Å². The number of rotatable bonds is 7. The Morgan fingerprint density at radius 3 is 2.89 bits per heavy atom. The van der Waals surface area contributed by atoms with Crippen molar-refractivity contribution in [3.63, 3.8) is 0 Å². The van der Waals surface area contributed by atoms with Gasteiger partial charge < -0.3 is 19.5 Å². The average molecular weight is 265 g/mol. The van der Waals surface area contributed by atoms with Crippen molar-refractivity contribution >= 4 is 0 Å². The first-order valence-corrected chi connectivity index (χ1v) is 6.94. The van der Waals surface area contributed by atoms with Crippen molar-refractivity contribution in [3.8, 4) is 11.5 Å². The maximum absolute atomic E-state index is 5.70. The number of hydrogen-bond donors (Lipinski definition) is 1. The molecule has 1 aromatic rings. The highest BCUT2D eigenvalue weighted by Gasteiger charge is 2.12. The van der Waals surface area contributed by atoms with E-state index in [2.05, 4.69) is 5.32 Å². The molecule has 0 saturated carbocycles. The van der Waals surface area contributed by atoms with E-state index in [0.717, 1.165) is 37.8 Å². The van der Waals surface area contributed by atoms with Crippen LogP contribution in [0.1, 0.15) is 12.8 Å². The summed E-state index contributed by atoms with van der Waals surface area (Å²) in [6.45, 7) is 4.31. The summed E-state index contributed by atoms with van der Waals surface area (Å²) in [5.74, 6) is 2.23. The second-order valence-corrected chi connectivity index (χ2v) is 4.79. The predicted molar refractivity (Wildman–Crippen MR) is 74.9 cm³/mol. The van der Waals surface area contributed by atoms with Gasteiger partial charge in [0.2, 0.25) is 0 Å². The third-order valence-electron chi connectivity index (χ3n) is 3.29. The van der Waals surface area contributed by atoms with Crippen molar-refractivity contribution in [2.45, 2.75) is 12.8 Å². The first-order valence-electron chi connectivity index (χ1n) is 6.94. The van der Waals surface area contributed by atoms with Crippen molar-refractivity contribution in [1.82, 2.24) is 5.32 Å². The minimum atomic E-state index is 0.647. The number of benzene rings is 1. The highest BCUT2D eigenvalue weighted by atomic mass is 16.5. The molecule has 106 valence electrons. The average Bonchev–Trinajstić information content (AvgIpc) is 2.48. The Kier molecular flexibility index (Phi) is 5.98. The van der Waals surface area contributed by atoms with Gasteiger partial charge in [0.25, 0.3) is 0 Å². The fourth-order valence-corrected chi connectivity index (χ4v) is 2.25. The molecule has 1 N–H and O–H groups in total. The van der Waals surface area contributed by atoms with E-state index in [1.54, 1.807) is 7.11 Å². The van der Waals surface area contributed by atoms with Gasteiger partial charge in [0.1, 0.15) is 6.61 Å². The summed E-state index contributed by atoms with van der Waals surface area (Å²) < 4.78 is 16.4. The maximum Gasteiger partial charge on any atom is 0.161 e. The molecule has 0 spiro atoms. The minimum absolute atomic E-state index is 0.647.